The van der Waals surface area contributed by atoms with Gasteiger partial charge < -0.3 is 4.90 Å². The van der Waals surface area contributed by atoms with E-state index in [-0.39, 0.29) is 0 Å². The number of hydrogen-bond donors (Lipinski definition) is 0. The van der Waals surface area contributed by atoms with E-state index in [0.29, 0.717) is 11.2 Å². The number of nitrogens with zero attached hydrogens (tertiary/aromatic N) is 4. The summed E-state index contributed by atoms with van der Waals surface area (Å²) in [6.45, 7) is 7.24. The summed E-state index contributed by atoms with van der Waals surface area (Å²) in [4.78, 5) is 12.9. The van der Waals surface area contributed by atoms with Gasteiger partial charge in [0.05, 0.1) is 18.1 Å². The van der Waals surface area contributed by atoms with Gasteiger partial charge in [0.2, 0.25) is 0 Å². The van der Waals surface area contributed by atoms with Gasteiger partial charge in [0, 0.05) is 19.1 Å². The minimum Gasteiger partial charge on any atom is -0.308 e. The molecule has 96 valence electrons. The Hall–Kier alpha value is -0.710. The molecule has 0 saturated heterocycles. The van der Waals surface area contributed by atoms with E-state index in [1.54, 1.807) is 12.4 Å². The summed E-state index contributed by atoms with van der Waals surface area (Å²) in [5, 5.41) is 0.443. The van der Waals surface area contributed by atoms with Crippen LogP contribution < -0.4 is 0 Å². The largest absolute Gasteiger partial charge is 0.308 e. The molecule has 0 aliphatic heterocycles. The summed E-state index contributed by atoms with van der Waals surface area (Å²) in [5.41, 5.74) is 0.960. The Labute approximate surface area is 109 Å². The molecule has 0 aromatic carbocycles. The first-order valence-corrected chi connectivity index (χ1v) is 6.26. The van der Waals surface area contributed by atoms with Crippen LogP contribution >= 0.6 is 11.6 Å². The fourth-order valence-electron chi connectivity index (χ4n) is 1.85. The highest BCUT2D eigenvalue weighted by Crippen LogP contribution is 2.08. The zero-order valence-corrected chi connectivity index (χ0v) is 11.8. The Balaban J connectivity index is 2.59. The van der Waals surface area contributed by atoms with E-state index in [2.05, 4.69) is 47.7 Å². The fraction of sp³-hybridized carbons (Fsp3) is 0.667. The van der Waals surface area contributed by atoms with Gasteiger partial charge in [-0.2, -0.15) is 0 Å². The lowest BCUT2D eigenvalue weighted by Crippen LogP contribution is -2.39. The van der Waals surface area contributed by atoms with Gasteiger partial charge in [-0.25, -0.2) is 4.98 Å². The molecule has 0 aliphatic rings. The maximum Gasteiger partial charge on any atom is 0.147 e. The molecule has 1 aromatic rings. The van der Waals surface area contributed by atoms with E-state index in [0.717, 1.165) is 25.3 Å². The van der Waals surface area contributed by atoms with E-state index in [1.165, 1.54) is 0 Å². The SMILES string of the molecule is CCN(Cc1cnc(Cl)cn1)C(C)CN(C)C. The molecular weight excluding hydrogens is 236 g/mol. The Morgan fingerprint density at radius 3 is 2.47 bits per heavy atom. The standard InChI is InChI=1S/C12H21ClN4/c1-5-17(10(2)8-16(3)4)9-11-6-15-12(13)7-14-11/h6-7,10H,5,8-9H2,1-4H3. The normalized spacial score (nSPS) is 13.4. The third-order valence-electron chi connectivity index (χ3n) is 2.70. The number of hydrogen-bond acceptors (Lipinski definition) is 4. The van der Waals surface area contributed by atoms with E-state index >= 15 is 0 Å². The van der Waals surface area contributed by atoms with Crippen molar-refractivity contribution < 1.29 is 0 Å². The van der Waals surface area contributed by atoms with Crippen LogP contribution in [-0.4, -0.2) is 53.0 Å². The molecule has 0 N–H and O–H groups in total. The van der Waals surface area contributed by atoms with Crippen LogP contribution in [0.15, 0.2) is 12.4 Å². The molecule has 1 rings (SSSR count). The van der Waals surface area contributed by atoms with Crippen molar-refractivity contribution in [3.8, 4) is 0 Å². The van der Waals surface area contributed by atoms with E-state index in [4.69, 9.17) is 11.6 Å². The second-order valence-electron chi connectivity index (χ2n) is 4.50. The minimum absolute atomic E-state index is 0.443. The molecule has 0 bridgehead atoms. The zero-order chi connectivity index (χ0) is 12.8. The Morgan fingerprint density at radius 1 is 1.29 bits per heavy atom. The number of halogens is 1. The third kappa shape index (κ3) is 4.98. The first kappa shape index (κ1) is 14.4. The molecule has 1 aromatic heterocycles. The third-order valence-corrected chi connectivity index (χ3v) is 2.89. The van der Waals surface area contributed by atoms with Crippen LogP contribution in [0.25, 0.3) is 0 Å². The molecule has 1 heterocycles. The summed E-state index contributed by atoms with van der Waals surface area (Å²) in [5.74, 6) is 0. The monoisotopic (exact) mass is 256 g/mol. The van der Waals surface area contributed by atoms with Crippen molar-refractivity contribution in [1.82, 2.24) is 19.8 Å². The molecule has 0 amide bonds. The lowest BCUT2D eigenvalue weighted by atomic mass is 10.2. The summed E-state index contributed by atoms with van der Waals surface area (Å²) in [6.07, 6.45) is 3.34. The van der Waals surface area contributed by atoms with Gasteiger partial charge in [-0.3, -0.25) is 9.88 Å². The minimum atomic E-state index is 0.443. The maximum atomic E-state index is 5.72. The summed E-state index contributed by atoms with van der Waals surface area (Å²) < 4.78 is 0. The molecule has 1 atom stereocenters. The Kier molecular flexibility index (Phi) is 5.82. The lowest BCUT2D eigenvalue weighted by molar-refractivity contribution is 0.172. The molecule has 4 nitrogen and oxygen atoms in total. The second kappa shape index (κ2) is 6.89. The van der Waals surface area contributed by atoms with Crippen LogP contribution in [0.1, 0.15) is 19.5 Å². The van der Waals surface area contributed by atoms with Crippen molar-refractivity contribution in [2.45, 2.75) is 26.4 Å². The fourth-order valence-corrected chi connectivity index (χ4v) is 1.95. The van der Waals surface area contributed by atoms with Crippen LogP contribution in [0.5, 0.6) is 0 Å². The molecule has 1 unspecified atom stereocenters. The Bertz CT molecular complexity index is 326. The number of likely N-dealkylation sites (N-methyl/N-ethyl adjacent to an activating group) is 2. The van der Waals surface area contributed by atoms with Gasteiger partial charge in [0.25, 0.3) is 0 Å². The summed E-state index contributed by atoms with van der Waals surface area (Å²) in [6, 6.07) is 0.493. The predicted molar refractivity (Wildman–Crippen MR) is 71.1 cm³/mol. The van der Waals surface area contributed by atoms with Gasteiger partial charge >= 0.3 is 0 Å². The van der Waals surface area contributed by atoms with Gasteiger partial charge in [-0.05, 0) is 27.6 Å². The highest BCUT2D eigenvalue weighted by atomic mass is 35.5. The first-order chi connectivity index (χ1) is 8.02. The zero-order valence-electron chi connectivity index (χ0n) is 11.0. The van der Waals surface area contributed by atoms with Gasteiger partial charge in [-0.1, -0.05) is 18.5 Å². The summed E-state index contributed by atoms with van der Waals surface area (Å²) in [7, 11) is 4.18. The molecule has 5 heteroatoms. The second-order valence-corrected chi connectivity index (χ2v) is 4.89. The lowest BCUT2D eigenvalue weighted by Gasteiger charge is -2.29. The van der Waals surface area contributed by atoms with E-state index < -0.39 is 0 Å². The van der Waals surface area contributed by atoms with E-state index in [1.807, 2.05) is 0 Å². The summed E-state index contributed by atoms with van der Waals surface area (Å²) >= 11 is 5.72. The highest BCUT2D eigenvalue weighted by Gasteiger charge is 2.13. The van der Waals surface area contributed by atoms with Crippen molar-refractivity contribution in [3.63, 3.8) is 0 Å². The van der Waals surface area contributed by atoms with Crippen LogP contribution in [0.2, 0.25) is 5.15 Å². The van der Waals surface area contributed by atoms with Crippen molar-refractivity contribution >= 4 is 11.6 Å². The van der Waals surface area contributed by atoms with Crippen LogP contribution in [-0.2, 0) is 6.54 Å². The quantitative estimate of drug-likeness (QED) is 0.778. The van der Waals surface area contributed by atoms with Crippen molar-refractivity contribution in [2.75, 3.05) is 27.2 Å². The first-order valence-electron chi connectivity index (χ1n) is 5.88. The molecule has 0 aliphatic carbocycles. The smallest absolute Gasteiger partial charge is 0.147 e. The van der Waals surface area contributed by atoms with Crippen molar-refractivity contribution in [3.05, 3.63) is 23.2 Å². The molecule has 0 saturated carbocycles. The molecular formula is C12H21ClN4. The van der Waals surface area contributed by atoms with E-state index in [9.17, 15) is 0 Å². The van der Waals surface area contributed by atoms with Crippen LogP contribution in [0, 0.1) is 0 Å². The van der Waals surface area contributed by atoms with Gasteiger partial charge in [0.1, 0.15) is 5.15 Å². The van der Waals surface area contributed by atoms with Gasteiger partial charge in [-0.15, -0.1) is 0 Å². The Morgan fingerprint density at radius 2 is 2.00 bits per heavy atom. The molecule has 0 fully saturated rings. The van der Waals surface area contributed by atoms with Crippen LogP contribution in [0.3, 0.4) is 0 Å². The number of rotatable bonds is 6. The highest BCUT2D eigenvalue weighted by molar-refractivity contribution is 6.29. The van der Waals surface area contributed by atoms with Crippen LogP contribution in [0.4, 0.5) is 0 Å². The topological polar surface area (TPSA) is 32.3 Å². The average molecular weight is 257 g/mol. The van der Waals surface area contributed by atoms with Gasteiger partial charge in [0.15, 0.2) is 0 Å². The van der Waals surface area contributed by atoms with Crippen molar-refractivity contribution in [2.24, 2.45) is 0 Å². The molecule has 0 radical (unpaired) electrons. The molecule has 0 spiro atoms. The predicted octanol–water partition coefficient (Wildman–Crippen LogP) is 1.90. The maximum absolute atomic E-state index is 5.72. The molecule has 17 heavy (non-hydrogen) atoms. The average Bonchev–Trinajstić information content (AvgIpc) is 2.27. The number of aromatic nitrogens is 2. The van der Waals surface area contributed by atoms with Crippen molar-refractivity contribution in [1.29, 1.82) is 0 Å².